The smallest absolute Gasteiger partial charge is 0.484 e. The molecule has 2 N–H and O–H groups in total. The molecular formula is C2H6NY+2. The average Bonchev–Trinajstić information content (AvgIpc) is 0.918. The Labute approximate surface area is 51.8 Å². The van der Waals surface area contributed by atoms with Crippen LogP contribution in [-0.4, -0.2) is 0 Å². The summed E-state index contributed by atoms with van der Waals surface area (Å²) in [6, 6.07) is 0. The third kappa shape index (κ3) is 11.5. The standard InChI is InChI=1S/C2H6N.Y/c1-2-3;/h2H,3H2,1H3;/q-1;+3. The molecule has 0 aromatic rings. The van der Waals surface area contributed by atoms with Crippen molar-refractivity contribution in [1.82, 2.24) is 0 Å². The second kappa shape index (κ2) is 8.96. The number of rotatable bonds is 0. The first-order valence-corrected chi connectivity index (χ1v) is 0.911. The van der Waals surface area contributed by atoms with E-state index in [0.29, 0.717) is 0 Å². The van der Waals surface area contributed by atoms with Crippen LogP contribution < -0.4 is 5.73 Å². The van der Waals surface area contributed by atoms with Crippen LogP contribution in [0.3, 0.4) is 0 Å². The molecular weight excluding hydrogens is 127 g/mol. The van der Waals surface area contributed by atoms with E-state index >= 15 is 0 Å². The van der Waals surface area contributed by atoms with Crippen LogP contribution in [0.15, 0.2) is 0 Å². The van der Waals surface area contributed by atoms with Gasteiger partial charge in [0.15, 0.2) is 0 Å². The summed E-state index contributed by atoms with van der Waals surface area (Å²) in [5, 5.41) is 0. The molecule has 0 amide bonds. The Kier molecular flexibility index (Phi) is 19.9. The first kappa shape index (κ1) is 8.91. The maximum atomic E-state index is 4.72. The van der Waals surface area contributed by atoms with Gasteiger partial charge in [0.2, 0.25) is 0 Å². The molecule has 0 atom stereocenters. The summed E-state index contributed by atoms with van der Waals surface area (Å²) in [6.07, 6.45) is 0. The van der Waals surface area contributed by atoms with Gasteiger partial charge in [-0.25, -0.2) is 0 Å². The van der Waals surface area contributed by atoms with Crippen LogP contribution in [0.2, 0.25) is 0 Å². The van der Waals surface area contributed by atoms with Gasteiger partial charge in [-0.1, -0.05) is 0 Å². The van der Waals surface area contributed by atoms with Gasteiger partial charge in [0.05, 0.1) is 0 Å². The van der Waals surface area contributed by atoms with Crippen molar-refractivity contribution >= 4 is 0 Å². The van der Waals surface area contributed by atoms with Gasteiger partial charge in [0, 0.05) is 0 Å². The summed E-state index contributed by atoms with van der Waals surface area (Å²) in [7, 11) is 0. The van der Waals surface area contributed by atoms with Gasteiger partial charge in [0.25, 0.3) is 0 Å². The minimum absolute atomic E-state index is 0. The van der Waals surface area contributed by atoms with Crippen LogP contribution in [-0.2, 0) is 32.7 Å². The van der Waals surface area contributed by atoms with Crippen molar-refractivity contribution in [3.63, 3.8) is 0 Å². The molecule has 0 aliphatic rings. The Morgan fingerprint density at radius 3 is 1.75 bits per heavy atom. The molecule has 20 valence electrons. The average molecular weight is 133 g/mol. The maximum absolute atomic E-state index is 4.72. The third-order valence-corrected chi connectivity index (χ3v) is 0. The quantitative estimate of drug-likeness (QED) is 0.467. The van der Waals surface area contributed by atoms with Crippen molar-refractivity contribution in [2.45, 2.75) is 6.92 Å². The van der Waals surface area contributed by atoms with Gasteiger partial charge < -0.3 is 5.73 Å². The summed E-state index contributed by atoms with van der Waals surface area (Å²) in [5.74, 6) is 0. The molecule has 0 fully saturated rings. The molecule has 0 spiro atoms. The molecule has 0 saturated heterocycles. The molecule has 0 aromatic heterocycles. The molecule has 1 nitrogen and oxygen atoms in total. The number of nitrogens with two attached hydrogens (primary N) is 1. The van der Waals surface area contributed by atoms with Gasteiger partial charge in [-0.05, 0) is 0 Å². The summed E-state index contributed by atoms with van der Waals surface area (Å²) in [6.45, 7) is 3.28. The molecule has 0 heterocycles. The van der Waals surface area contributed by atoms with Crippen molar-refractivity contribution in [2.75, 3.05) is 0 Å². The van der Waals surface area contributed by atoms with Crippen LogP contribution in [0, 0.1) is 6.54 Å². The Morgan fingerprint density at radius 1 is 1.75 bits per heavy atom. The molecule has 4 heavy (non-hydrogen) atoms. The van der Waals surface area contributed by atoms with E-state index in [0.717, 1.165) is 0 Å². The van der Waals surface area contributed by atoms with Crippen molar-refractivity contribution in [3.05, 3.63) is 6.54 Å². The van der Waals surface area contributed by atoms with E-state index in [2.05, 4.69) is 0 Å². The molecule has 0 aromatic carbocycles. The van der Waals surface area contributed by atoms with Crippen molar-refractivity contribution in [3.8, 4) is 0 Å². The second-order valence-electron chi connectivity index (χ2n) is 0.333. The fourth-order valence-electron chi connectivity index (χ4n) is 0. The Balaban J connectivity index is 0. The molecule has 0 saturated carbocycles. The Bertz CT molecular complexity index is 6.00. The van der Waals surface area contributed by atoms with Crippen LogP contribution >= 0.6 is 0 Å². The van der Waals surface area contributed by atoms with Crippen LogP contribution in [0.4, 0.5) is 0 Å². The molecule has 0 aliphatic carbocycles. The maximum Gasteiger partial charge on any atom is 3.00 e. The minimum atomic E-state index is 0. The monoisotopic (exact) mass is 133 g/mol. The first-order valence-electron chi connectivity index (χ1n) is 0.911. The fourth-order valence-corrected chi connectivity index (χ4v) is 0. The van der Waals surface area contributed by atoms with Gasteiger partial charge in [-0.2, -0.15) is 6.92 Å². The van der Waals surface area contributed by atoms with E-state index in [1.807, 2.05) is 0 Å². The van der Waals surface area contributed by atoms with Gasteiger partial charge in [-0.3, -0.25) is 6.54 Å². The predicted octanol–water partition coefficient (Wildman–Crippen LogP) is 0.124. The van der Waals surface area contributed by atoms with E-state index in [-0.39, 0.29) is 32.7 Å². The summed E-state index contributed by atoms with van der Waals surface area (Å²) in [4.78, 5) is 0. The summed E-state index contributed by atoms with van der Waals surface area (Å²) >= 11 is 0. The summed E-state index contributed by atoms with van der Waals surface area (Å²) in [5.41, 5.74) is 4.72. The first-order chi connectivity index (χ1) is 1.41. The molecule has 0 bridgehead atoms. The number of hydrogen-bond donors (Lipinski definition) is 1. The fraction of sp³-hybridized carbons (Fsp3) is 0.500. The SMILES string of the molecule is C[CH-]N.[Y+3]. The third-order valence-electron chi connectivity index (χ3n) is 0. The zero-order valence-electron chi connectivity index (χ0n) is 2.73. The van der Waals surface area contributed by atoms with E-state index in [4.69, 9.17) is 5.73 Å². The molecule has 0 unspecified atom stereocenters. The van der Waals surface area contributed by atoms with Crippen molar-refractivity contribution < 1.29 is 32.7 Å². The molecule has 0 aliphatic heterocycles. The van der Waals surface area contributed by atoms with Gasteiger partial charge in [0.1, 0.15) is 0 Å². The van der Waals surface area contributed by atoms with Crippen molar-refractivity contribution in [2.24, 2.45) is 5.73 Å². The van der Waals surface area contributed by atoms with E-state index in [9.17, 15) is 0 Å². The molecule has 0 radical (unpaired) electrons. The normalized spacial score (nSPS) is 4.50. The second-order valence-corrected chi connectivity index (χ2v) is 0.333. The molecule has 0 rings (SSSR count). The van der Waals surface area contributed by atoms with Gasteiger partial charge in [-0.15, -0.1) is 0 Å². The molecule has 2 heteroatoms. The minimum Gasteiger partial charge on any atom is -0.484 e. The van der Waals surface area contributed by atoms with E-state index in [1.54, 1.807) is 6.92 Å². The van der Waals surface area contributed by atoms with Gasteiger partial charge >= 0.3 is 32.7 Å². The van der Waals surface area contributed by atoms with Crippen molar-refractivity contribution in [1.29, 1.82) is 0 Å². The summed E-state index contributed by atoms with van der Waals surface area (Å²) < 4.78 is 0. The van der Waals surface area contributed by atoms with E-state index < -0.39 is 0 Å². The largest absolute Gasteiger partial charge is 3.00 e. The topological polar surface area (TPSA) is 26.0 Å². The number of hydrogen-bond acceptors (Lipinski definition) is 1. The van der Waals surface area contributed by atoms with Crippen LogP contribution in [0.25, 0.3) is 0 Å². The van der Waals surface area contributed by atoms with E-state index in [1.165, 1.54) is 6.54 Å². The zero-order valence-corrected chi connectivity index (χ0v) is 5.57. The van der Waals surface area contributed by atoms with Crippen LogP contribution in [0.5, 0.6) is 0 Å². The Hall–Kier alpha value is 1.06. The van der Waals surface area contributed by atoms with Crippen LogP contribution in [0.1, 0.15) is 6.92 Å². The predicted molar refractivity (Wildman–Crippen MR) is 14.2 cm³/mol. The zero-order chi connectivity index (χ0) is 2.71. The Morgan fingerprint density at radius 2 is 1.75 bits per heavy atom.